The number of carbonyl (C=O) groups is 1. The molecule has 0 bridgehead atoms. The first-order chi connectivity index (χ1) is 12.7. The van der Waals surface area contributed by atoms with E-state index < -0.39 is 12.6 Å². The van der Waals surface area contributed by atoms with Gasteiger partial charge >= 0.3 is 6.18 Å². The molecule has 0 saturated carbocycles. The molecule has 5 nitrogen and oxygen atoms in total. The van der Waals surface area contributed by atoms with Crippen molar-refractivity contribution < 1.29 is 27.4 Å². The van der Waals surface area contributed by atoms with Crippen LogP contribution in [0.1, 0.15) is 38.3 Å². The van der Waals surface area contributed by atoms with Gasteiger partial charge in [-0.1, -0.05) is 19.9 Å². The van der Waals surface area contributed by atoms with Gasteiger partial charge in [0.05, 0.1) is 32.2 Å². The largest absolute Gasteiger partial charge is 0.490 e. The summed E-state index contributed by atoms with van der Waals surface area (Å²) in [6.45, 7) is 4.81. The standard InChI is InChI=1S/C19H27F3N2O3/c1-13(2)18(23-17(25)12-24(3)8-7-19(20,21)22)14-5-6-15-16(11-14)27-10-4-9-26-15/h5-6,11,13,18H,4,7-10,12H2,1-3H3,(H,23,25). The molecule has 1 amide bonds. The van der Waals surface area contributed by atoms with Gasteiger partial charge in [0.15, 0.2) is 11.5 Å². The highest BCUT2D eigenvalue weighted by atomic mass is 19.4. The van der Waals surface area contributed by atoms with E-state index in [2.05, 4.69) is 5.32 Å². The molecule has 1 heterocycles. The lowest BCUT2D eigenvalue weighted by Gasteiger charge is -2.25. The van der Waals surface area contributed by atoms with Crippen molar-refractivity contribution >= 4 is 5.91 Å². The second kappa shape index (κ2) is 9.30. The Morgan fingerprint density at radius 2 is 1.89 bits per heavy atom. The van der Waals surface area contributed by atoms with Gasteiger partial charge in [0.25, 0.3) is 0 Å². The number of benzene rings is 1. The van der Waals surface area contributed by atoms with E-state index in [0.717, 1.165) is 12.0 Å². The van der Waals surface area contributed by atoms with Crippen LogP contribution < -0.4 is 14.8 Å². The van der Waals surface area contributed by atoms with Gasteiger partial charge in [0, 0.05) is 13.0 Å². The minimum atomic E-state index is -4.23. The molecule has 1 atom stereocenters. The van der Waals surface area contributed by atoms with Crippen LogP contribution in [0.5, 0.6) is 11.5 Å². The van der Waals surface area contributed by atoms with Crippen molar-refractivity contribution in [2.24, 2.45) is 5.92 Å². The Morgan fingerprint density at radius 3 is 2.52 bits per heavy atom. The van der Waals surface area contributed by atoms with Crippen molar-refractivity contribution in [3.05, 3.63) is 23.8 Å². The van der Waals surface area contributed by atoms with Crippen molar-refractivity contribution in [3.63, 3.8) is 0 Å². The van der Waals surface area contributed by atoms with Gasteiger partial charge in [-0.3, -0.25) is 9.69 Å². The van der Waals surface area contributed by atoms with Gasteiger partial charge in [-0.05, 0) is 30.7 Å². The van der Waals surface area contributed by atoms with E-state index in [1.165, 1.54) is 11.9 Å². The topological polar surface area (TPSA) is 50.8 Å². The monoisotopic (exact) mass is 388 g/mol. The quantitative estimate of drug-likeness (QED) is 0.776. The third-order valence-corrected chi connectivity index (χ3v) is 4.30. The molecule has 1 N–H and O–H groups in total. The van der Waals surface area contributed by atoms with Crippen LogP contribution in [-0.4, -0.2) is 50.3 Å². The Kier molecular flexibility index (Phi) is 7.35. The summed E-state index contributed by atoms with van der Waals surface area (Å²) in [6, 6.07) is 5.29. The van der Waals surface area contributed by atoms with Crippen LogP contribution in [0, 0.1) is 5.92 Å². The minimum Gasteiger partial charge on any atom is -0.490 e. The summed E-state index contributed by atoms with van der Waals surface area (Å²) in [5.41, 5.74) is 0.876. The summed E-state index contributed by atoms with van der Waals surface area (Å²) < 4.78 is 48.2. The lowest BCUT2D eigenvalue weighted by molar-refractivity contribution is -0.139. The van der Waals surface area contributed by atoms with Gasteiger partial charge in [-0.15, -0.1) is 0 Å². The summed E-state index contributed by atoms with van der Waals surface area (Å²) in [5.74, 6) is 1.11. The Balaban J connectivity index is 2.01. The first-order valence-corrected chi connectivity index (χ1v) is 9.10. The molecule has 0 aliphatic carbocycles. The highest BCUT2D eigenvalue weighted by Gasteiger charge is 2.28. The molecule has 1 aliphatic heterocycles. The van der Waals surface area contributed by atoms with Crippen molar-refractivity contribution in [3.8, 4) is 11.5 Å². The fourth-order valence-corrected chi connectivity index (χ4v) is 2.87. The molecule has 0 spiro atoms. The molecule has 1 aromatic carbocycles. The van der Waals surface area contributed by atoms with Gasteiger partial charge < -0.3 is 14.8 Å². The summed E-state index contributed by atoms with van der Waals surface area (Å²) in [7, 11) is 1.50. The molecule has 8 heteroatoms. The third-order valence-electron chi connectivity index (χ3n) is 4.30. The van der Waals surface area contributed by atoms with E-state index in [0.29, 0.717) is 24.7 Å². The molecule has 2 rings (SSSR count). The zero-order valence-corrected chi connectivity index (χ0v) is 15.9. The fourth-order valence-electron chi connectivity index (χ4n) is 2.87. The normalized spacial score (nSPS) is 15.6. The number of halogens is 3. The average Bonchev–Trinajstić information content (AvgIpc) is 2.81. The first kappa shape index (κ1) is 21.3. The van der Waals surface area contributed by atoms with E-state index >= 15 is 0 Å². The maximum absolute atomic E-state index is 12.3. The first-order valence-electron chi connectivity index (χ1n) is 9.10. The zero-order chi connectivity index (χ0) is 20.0. The average molecular weight is 388 g/mol. The molecule has 27 heavy (non-hydrogen) atoms. The number of alkyl halides is 3. The molecule has 1 aliphatic rings. The van der Waals surface area contributed by atoms with Crippen LogP contribution in [0.4, 0.5) is 13.2 Å². The molecule has 0 aromatic heterocycles. The van der Waals surface area contributed by atoms with Crippen LogP contribution >= 0.6 is 0 Å². The molecular formula is C19H27F3N2O3. The number of nitrogens with zero attached hydrogens (tertiary/aromatic N) is 1. The Morgan fingerprint density at radius 1 is 1.22 bits per heavy atom. The maximum Gasteiger partial charge on any atom is 0.390 e. The lowest BCUT2D eigenvalue weighted by Crippen LogP contribution is -2.39. The number of hydrogen-bond acceptors (Lipinski definition) is 4. The predicted molar refractivity (Wildman–Crippen MR) is 95.9 cm³/mol. The zero-order valence-electron chi connectivity index (χ0n) is 15.9. The van der Waals surface area contributed by atoms with Gasteiger partial charge in [0.1, 0.15) is 0 Å². The number of likely N-dealkylation sites (N-methyl/N-ethyl adjacent to an activating group) is 1. The molecular weight excluding hydrogens is 361 g/mol. The Labute approximate surface area is 157 Å². The SMILES string of the molecule is CC(C)C(NC(=O)CN(C)CCC(F)(F)F)c1ccc2c(c1)OCCCO2. The number of carbonyl (C=O) groups excluding carboxylic acids is 1. The highest BCUT2D eigenvalue weighted by molar-refractivity contribution is 5.78. The number of ether oxygens (including phenoxy) is 2. The van der Waals surface area contributed by atoms with Crippen LogP contribution in [0.25, 0.3) is 0 Å². The van der Waals surface area contributed by atoms with E-state index in [9.17, 15) is 18.0 Å². The van der Waals surface area contributed by atoms with E-state index in [1.807, 2.05) is 32.0 Å². The van der Waals surface area contributed by atoms with E-state index in [1.54, 1.807) is 0 Å². The maximum atomic E-state index is 12.3. The number of nitrogens with one attached hydrogen (secondary N) is 1. The number of hydrogen-bond donors (Lipinski definition) is 1. The fraction of sp³-hybridized carbons (Fsp3) is 0.632. The molecule has 1 unspecified atom stereocenters. The summed E-state index contributed by atoms with van der Waals surface area (Å²) >= 11 is 0. The summed E-state index contributed by atoms with van der Waals surface area (Å²) in [4.78, 5) is 13.7. The van der Waals surface area contributed by atoms with E-state index in [-0.39, 0.29) is 31.0 Å². The van der Waals surface area contributed by atoms with Gasteiger partial charge in [0.2, 0.25) is 5.91 Å². The van der Waals surface area contributed by atoms with Gasteiger partial charge in [-0.2, -0.15) is 13.2 Å². The second-order valence-corrected chi connectivity index (χ2v) is 7.15. The minimum absolute atomic E-state index is 0.0934. The smallest absolute Gasteiger partial charge is 0.390 e. The summed E-state index contributed by atoms with van der Waals surface area (Å²) in [5, 5.41) is 2.93. The van der Waals surface area contributed by atoms with Crippen LogP contribution in [0.2, 0.25) is 0 Å². The molecule has 152 valence electrons. The number of rotatable bonds is 7. The summed E-state index contributed by atoms with van der Waals surface area (Å²) in [6.07, 6.45) is -4.36. The second-order valence-electron chi connectivity index (χ2n) is 7.15. The van der Waals surface area contributed by atoms with Crippen molar-refractivity contribution in [1.29, 1.82) is 0 Å². The molecule has 1 aromatic rings. The van der Waals surface area contributed by atoms with Crippen molar-refractivity contribution in [2.75, 3.05) is 33.4 Å². The van der Waals surface area contributed by atoms with E-state index in [4.69, 9.17) is 9.47 Å². The van der Waals surface area contributed by atoms with Crippen LogP contribution in [0.15, 0.2) is 18.2 Å². The highest BCUT2D eigenvalue weighted by Crippen LogP contribution is 2.34. The van der Waals surface area contributed by atoms with Gasteiger partial charge in [-0.25, -0.2) is 0 Å². The predicted octanol–water partition coefficient (Wildman–Crippen LogP) is 3.55. The number of fused-ring (bicyclic) bond motifs is 1. The number of amides is 1. The van der Waals surface area contributed by atoms with Crippen LogP contribution in [0.3, 0.4) is 0 Å². The Bertz CT molecular complexity index is 635. The Hall–Kier alpha value is -1.96. The van der Waals surface area contributed by atoms with Crippen LogP contribution in [-0.2, 0) is 4.79 Å². The lowest BCUT2D eigenvalue weighted by atomic mass is 9.95. The van der Waals surface area contributed by atoms with Crippen molar-refractivity contribution in [1.82, 2.24) is 10.2 Å². The third kappa shape index (κ3) is 6.93. The molecule has 0 radical (unpaired) electrons. The molecule has 0 fully saturated rings. The van der Waals surface area contributed by atoms with Crippen molar-refractivity contribution in [2.45, 2.75) is 38.9 Å². The molecule has 0 saturated heterocycles.